The Hall–Kier alpha value is -3.02. The lowest BCUT2D eigenvalue weighted by molar-refractivity contribution is -0.123. The molecule has 2 N–H and O–H groups in total. The summed E-state index contributed by atoms with van der Waals surface area (Å²) in [5, 5.41) is 13.7. The van der Waals surface area contributed by atoms with Gasteiger partial charge in [0.15, 0.2) is 6.61 Å². The molecular formula is C19H23N3O3. The number of phenols is 1. The van der Waals surface area contributed by atoms with E-state index in [1.54, 1.807) is 18.2 Å². The Labute approximate surface area is 147 Å². The van der Waals surface area contributed by atoms with Gasteiger partial charge in [0.1, 0.15) is 11.5 Å². The summed E-state index contributed by atoms with van der Waals surface area (Å²) in [6, 6.07) is 11.1. The maximum atomic E-state index is 11.8. The molecule has 0 aliphatic rings. The summed E-state index contributed by atoms with van der Waals surface area (Å²) < 4.78 is 5.47. The van der Waals surface area contributed by atoms with Crippen molar-refractivity contribution in [1.82, 2.24) is 5.43 Å². The highest BCUT2D eigenvalue weighted by atomic mass is 16.5. The molecule has 2 aromatic rings. The highest BCUT2D eigenvalue weighted by molar-refractivity contribution is 5.83. The van der Waals surface area contributed by atoms with Crippen LogP contribution in [0.15, 0.2) is 41.5 Å². The Morgan fingerprint density at radius 3 is 2.56 bits per heavy atom. The van der Waals surface area contributed by atoms with E-state index < -0.39 is 0 Å². The first kappa shape index (κ1) is 18.3. The molecule has 2 aromatic carbocycles. The molecule has 6 nitrogen and oxygen atoms in total. The molecule has 0 aliphatic carbocycles. The van der Waals surface area contributed by atoms with Crippen molar-refractivity contribution in [2.45, 2.75) is 13.8 Å². The third-order valence-electron chi connectivity index (χ3n) is 3.62. The number of carbonyl (C=O) groups excluding carboxylic acids is 1. The number of hydrazone groups is 1. The van der Waals surface area contributed by atoms with Crippen LogP contribution >= 0.6 is 0 Å². The highest BCUT2D eigenvalue weighted by Crippen LogP contribution is 2.22. The van der Waals surface area contributed by atoms with Crippen LogP contribution in [0.5, 0.6) is 11.5 Å². The van der Waals surface area contributed by atoms with E-state index in [9.17, 15) is 9.90 Å². The van der Waals surface area contributed by atoms with Crippen molar-refractivity contribution >= 4 is 17.8 Å². The quantitative estimate of drug-likeness (QED) is 0.626. The second-order valence-corrected chi connectivity index (χ2v) is 5.98. The van der Waals surface area contributed by atoms with Gasteiger partial charge in [-0.05, 0) is 54.8 Å². The lowest BCUT2D eigenvalue weighted by Gasteiger charge is -2.13. The molecule has 0 saturated carbocycles. The first-order chi connectivity index (χ1) is 11.9. The Balaban J connectivity index is 1.87. The number of benzene rings is 2. The molecule has 25 heavy (non-hydrogen) atoms. The first-order valence-electron chi connectivity index (χ1n) is 7.89. The summed E-state index contributed by atoms with van der Waals surface area (Å²) in [6.45, 7) is 3.50. The molecule has 0 bridgehead atoms. The summed E-state index contributed by atoms with van der Waals surface area (Å²) >= 11 is 0. The number of hydrogen-bond acceptors (Lipinski definition) is 5. The van der Waals surface area contributed by atoms with Gasteiger partial charge in [-0.25, -0.2) is 5.43 Å². The zero-order valence-corrected chi connectivity index (χ0v) is 14.9. The van der Waals surface area contributed by atoms with Crippen molar-refractivity contribution in [1.29, 1.82) is 0 Å². The molecule has 0 aromatic heterocycles. The molecule has 0 heterocycles. The molecule has 1 amide bonds. The number of nitrogens with zero attached hydrogens (tertiary/aromatic N) is 2. The van der Waals surface area contributed by atoms with E-state index in [1.807, 2.05) is 51.0 Å². The van der Waals surface area contributed by atoms with Crippen LogP contribution < -0.4 is 15.1 Å². The van der Waals surface area contributed by atoms with E-state index in [1.165, 1.54) is 6.21 Å². The predicted octanol–water partition coefficient (Wildman–Crippen LogP) is 2.60. The first-order valence-corrected chi connectivity index (χ1v) is 7.89. The molecule has 0 unspecified atom stereocenters. The summed E-state index contributed by atoms with van der Waals surface area (Å²) in [4.78, 5) is 13.8. The minimum absolute atomic E-state index is 0.123. The Kier molecular flexibility index (Phi) is 6.00. The minimum Gasteiger partial charge on any atom is -0.507 e. The van der Waals surface area contributed by atoms with Crippen LogP contribution in [0.25, 0.3) is 0 Å². The average Bonchev–Trinajstić information content (AvgIpc) is 2.58. The van der Waals surface area contributed by atoms with Gasteiger partial charge in [-0.15, -0.1) is 0 Å². The lowest BCUT2D eigenvalue weighted by Crippen LogP contribution is -2.24. The number of nitrogens with one attached hydrogen (secondary N) is 1. The number of anilines is 1. The number of carbonyl (C=O) groups is 1. The van der Waals surface area contributed by atoms with Crippen LogP contribution in [0.1, 0.15) is 16.7 Å². The minimum atomic E-state index is -0.348. The van der Waals surface area contributed by atoms with E-state index in [2.05, 4.69) is 10.5 Å². The molecule has 0 saturated heterocycles. The van der Waals surface area contributed by atoms with E-state index in [0.717, 1.165) is 22.4 Å². The fourth-order valence-electron chi connectivity index (χ4n) is 2.28. The van der Waals surface area contributed by atoms with E-state index >= 15 is 0 Å². The van der Waals surface area contributed by atoms with Crippen LogP contribution in [-0.2, 0) is 4.79 Å². The van der Waals surface area contributed by atoms with Gasteiger partial charge in [-0.2, -0.15) is 5.10 Å². The lowest BCUT2D eigenvalue weighted by atomic mass is 10.1. The second-order valence-electron chi connectivity index (χ2n) is 5.98. The molecule has 132 valence electrons. The maximum Gasteiger partial charge on any atom is 0.277 e. The third-order valence-corrected chi connectivity index (χ3v) is 3.62. The maximum absolute atomic E-state index is 11.8. The largest absolute Gasteiger partial charge is 0.507 e. The van der Waals surface area contributed by atoms with Crippen LogP contribution in [0, 0.1) is 13.8 Å². The van der Waals surface area contributed by atoms with Crippen LogP contribution in [0.4, 0.5) is 5.69 Å². The summed E-state index contributed by atoms with van der Waals surface area (Å²) in [7, 11) is 3.88. The third kappa shape index (κ3) is 5.24. The van der Waals surface area contributed by atoms with E-state index in [-0.39, 0.29) is 18.3 Å². The number of phenolic OH excluding ortho intramolecular Hbond substituents is 1. The van der Waals surface area contributed by atoms with Crippen molar-refractivity contribution in [3.8, 4) is 11.5 Å². The zero-order chi connectivity index (χ0) is 18.4. The van der Waals surface area contributed by atoms with Crippen molar-refractivity contribution in [3.63, 3.8) is 0 Å². The number of aryl methyl sites for hydroxylation is 2. The Bertz CT molecular complexity index is 762. The van der Waals surface area contributed by atoms with Gasteiger partial charge in [0.05, 0.1) is 6.21 Å². The van der Waals surface area contributed by atoms with Crippen LogP contribution in [0.3, 0.4) is 0 Å². The molecule has 2 rings (SSSR count). The van der Waals surface area contributed by atoms with Crippen LogP contribution in [0.2, 0.25) is 0 Å². The smallest absolute Gasteiger partial charge is 0.277 e. The van der Waals surface area contributed by atoms with Gasteiger partial charge in [0.2, 0.25) is 0 Å². The van der Waals surface area contributed by atoms with Gasteiger partial charge < -0.3 is 14.7 Å². The standard InChI is InChI=1S/C19H23N3O3/c1-13-8-15(9-14(2)19(13)24)11-20-21-18(23)12-25-17-7-5-6-16(10-17)22(3)4/h5-11,24H,12H2,1-4H3,(H,21,23)/b20-11+. The van der Waals surface area contributed by atoms with Crippen LogP contribution in [-0.4, -0.2) is 37.9 Å². The Morgan fingerprint density at radius 1 is 1.24 bits per heavy atom. The molecule has 0 fully saturated rings. The van der Waals surface area contributed by atoms with E-state index in [0.29, 0.717) is 5.75 Å². The van der Waals surface area contributed by atoms with Crippen molar-refractivity contribution in [2.75, 3.05) is 25.6 Å². The topological polar surface area (TPSA) is 74.2 Å². The van der Waals surface area contributed by atoms with Crippen molar-refractivity contribution in [3.05, 3.63) is 53.1 Å². The van der Waals surface area contributed by atoms with Gasteiger partial charge in [-0.1, -0.05) is 6.07 Å². The number of rotatable bonds is 6. The summed E-state index contributed by atoms with van der Waals surface area (Å²) in [5.74, 6) is 0.545. The number of hydrogen-bond donors (Lipinski definition) is 2. The fraction of sp³-hybridized carbons (Fsp3) is 0.263. The van der Waals surface area contributed by atoms with Gasteiger partial charge >= 0.3 is 0 Å². The second kappa shape index (κ2) is 8.19. The SMILES string of the molecule is Cc1cc(/C=N/NC(=O)COc2cccc(N(C)C)c2)cc(C)c1O. The summed E-state index contributed by atoms with van der Waals surface area (Å²) in [5.41, 5.74) is 5.74. The zero-order valence-electron chi connectivity index (χ0n) is 14.9. The van der Waals surface area contributed by atoms with Gasteiger partial charge in [-0.3, -0.25) is 4.79 Å². The molecule has 0 aliphatic heterocycles. The van der Waals surface area contributed by atoms with Crippen molar-refractivity contribution < 1.29 is 14.6 Å². The number of aromatic hydroxyl groups is 1. The molecular weight excluding hydrogens is 318 g/mol. The molecule has 0 radical (unpaired) electrons. The Morgan fingerprint density at radius 2 is 1.92 bits per heavy atom. The highest BCUT2D eigenvalue weighted by Gasteiger charge is 2.04. The van der Waals surface area contributed by atoms with Crippen molar-refractivity contribution in [2.24, 2.45) is 5.10 Å². The fourth-order valence-corrected chi connectivity index (χ4v) is 2.28. The predicted molar refractivity (Wildman–Crippen MR) is 99.6 cm³/mol. The van der Waals surface area contributed by atoms with Gasteiger partial charge in [0.25, 0.3) is 5.91 Å². The molecule has 6 heteroatoms. The van der Waals surface area contributed by atoms with E-state index in [4.69, 9.17) is 4.74 Å². The number of amides is 1. The van der Waals surface area contributed by atoms with Gasteiger partial charge in [0, 0.05) is 25.8 Å². The molecule has 0 spiro atoms. The summed E-state index contributed by atoms with van der Waals surface area (Å²) in [6.07, 6.45) is 1.53. The molecule has 0 atom stereocenters. The monoisotopic (exact) mass is 341 g/mol. The average molecular weight is 341 g/mol. The normalized spacial score (nSPS) is 10.7. The number of ether oxygens (including phenoxy) is 1.